The molecule has 0 N–H and O–H groups in total. The Morgan fingerprint density at radius 2 is 1.84 bits per heavy atom. The number of nitrogens with zero attached hydrogens (tertiary/aromatic N) is 3. The normalized spacial score (nSPS) is 15.7. The first-order valence-corrected chi connectivity index (χ1v) is 14.9. The lowest BCUT2D eigenvalue weighted by Gasteiger charge is -2.31. The molecule has 44 heavy (non-hydrogen) atoms. The van der Waals surface area contributed by atoms with E-state index in [1.807, 2.05) is 30.3 Å². The fraction of sp³-hybridized carbons (Fsp3) is 0.152. The van der Waals surface area contributed by atoms with Gasteiger partial charge in [-0.2, -0.15) is 0 Å². The van der Waals surface area contributed by atoms with Crippen molar-refractivity contribution in [1.82, 2.24) is 4.57 Å². The van der Waals surface area contributed by atoms with E-state index in [-0.39, 0.29) is 16.3 Å². The summed E-state index contributed by atoms with van der Waals surface area (Å²) in [6.07, 6.45) is 3.24. The molecule has 0 saturated carbocycles. The van der Waals surface area contributed by atoms with Crippen molar-refractivity contribution < 1.29 is 18.8 Å². The zero-order valence-corrected chi connectivity index (χ0v) is 25.1. The van der Waals surface area contributed by atoms with E-state index in [1.54, 1.807) is 49.1 Å². The molecule has 3 heterocycles. The third-order valence-electron chi connectivity index (χ3n) is 7.92. The van der Waals surface area contributed by atoms with Crippen LogP contribution in [0.15, 0.2) is 92.6 Å². The predicted octanol–water partition coefficient (Wildman–Crippen LogP) is 6.16. The number of hydrogen-bond donors (Lipinski definition) is 0. The molecule has 0 amide bonds. The minimum atomic E-state index is -0.504. The van der Waals surface area contributed by atoms with Crippen molar-refractivity contribution in [2.45, 2.75) is 18.9 Å². The lowest BCUT2D eigenvalue weighted by molar-refractivity contribution is -0.384. The van der Waals surface area contributed by atoms with Crippen molar-refractivity contribution in [2.24, 2.45) is 4.99 Å². The number of furan rings is 1. The average Bonchev–Trinajstić information content (AvgIpc) is 3.63. The Bertz CT molecular complexity index is 2200. The highest BCUT2D eigenvalue weighted by atomic mass is 35.5. The largest absolute Gasteiger partial charge is 0.493 e. The first kappa shape index (κ1) is 27.9. The van der Waals surface area contributed by atoms with Gasteiger partial charge in [0.15, 0.2) is 16.3 Å². The van der Waals surface area contributed by atoms with Gasteiger partial charge in [0.05, 0.1) is 41.0 Å². The fourth-order valence-corrected chi connectivity index (χ4v) is 7.06. The smallest absolute Gasteiger partial charge is 0.281 e. The van der Waals surface area contributed by atoms with Crippen molar-refractivity contribution in [1.29, 1.82) is 0 Å². The van der Waals surface area contributed by atoms with Gasteiger partial charge in [0, 0.05) is 22.7 Å². The fourth-order valence-electron chi connectivity index (χ4n) is 5.91. The molecule has 1 aliphatic heterocycles. The third-order valence-corrected chi connectivity index (χ3v) is 9.14. The molecule has 5 aromatic rings. The number of allylic oxidation sites excluding steroid dienone is 1. The number of ether oxygens (including phenoxy) is 2. The third kappa shape index (κ3) is 4.63. The monoisotopic (exact) mass is 625 g/mol. The van der Waals surface area contributed by atoms with E-state index >= 15 is 0 Å². The molecule has 0 bridgehead atoms. The van der Waals surface area contributed by atoms with Crippen LogP contribution in [0, 0.1) is 10.1 Å². The molecule has 1 aliphatic carbocycles. The quantitative estimate of drug-likeness (QED) is 0.165. The van der Waals surface area contributed by atoms with Gasteiger partial charge in [0.2, 0.25) is 0 Å². The topological polar surface area (TPSA) is 109 Å². The molecular formula is C33H24ClN3O6S. The van der Waals surface area contributed by atoms with Crippen LogP contribution in [0.1, 0.15) is 34.9 Å². The molecule has 2 aliphatic rings. The molecule has 0 unspecified atom stereocenters. The van der Waals surface area contributed by atoms with Crippen LogP contribution in [-0.2, 0) is 6.42 Å². The standard InChI is InChI=1S/C33H24ClN3O6S/c1-41-27-13-8-19(15-28(27)42-2)31-24-11-7-18-5-3-4-6-22(18)30(24)35-33-36(31)32(38)29(44-33)17-21-10-14-26(43-21)23-12-9-20(34)16-25(23)37(39)40/h3-6,8-10,12-17,31H,7,11H2,1-2H3/b29-17+/t31-/m1/s1. The molecule has 0 saturated heterocycles. The van der Waals surface area contributed by atoms with E-state index in [9.17, 15) is 14.9 Å². The summed E-state index contributed by atoms with van der Waals surface area (Å²) in [6.45, 7) is 0. The zero-order valence-electron chi connectivity index (χ0n) is 23.6. The van der Waals surface area contributed by atoms with Crippen LogP contribution < -0.4 is 24.4 Å². The first-order valence-electron chi connectivity index (χ1n) is 13.8. The summed E-state index contributed by atoms with van der Waals surface area (Å²) in [6, 6.07) is 21.3. The van der Waals surface area contributed by atoms with E-state index < -0.39 is 11.0 Å². The van der Waals surface area contributed by atoms with E-state index in [1.165, 1.54) is 23.0 Å². The molecule has 0 radical (unpaired) electrons. The molecular weight excluding hydrogens is 602 g/mol. The van der Waals surface area contributed by atoms with Crippen LogP contribution in [0.2, 0.25) is 5.02 Å². The highest BCUT2D eigenvalue weighted by Crippen LogP contribution is 2.43. The summed E-state index contributed by atoms with van der Waals surface area (Å²) in [4.78, 5) is 30.9. The number of aromatic nitrogens is 1. The van der Waals surface area contributed by atoms with Crippen LogP contribution in [0.5, 0.6) is 11.5 Å². The molecule has 0 fully saturated rings. The van der Waals surface area contributed by atoms with Gasteiger partial charge in [0.25, 0.3) is 11.2 Å². The Hall–Kier alpha value is -4.93. The number of aryl methyl sites for hydroxylation is 1. The van der Waals surface area contributed by atoms with Crippen LogP contribution in [0.25, 0.3) is 23.1 Å². The van der Waals surface area contributed by atoms with E-state index in [0.717, 1.165) is 35.2 Å². The van der Waals surface area contributed by atoms with Gasteiger partial charge in [-0.1, -0.05) is 53.3 Å². The highest BCUT2D eigenvalue weighted by Gasteiger charge is 2.33. The van der Waals surface area contributed by atoms with Crippen molar-refractivity contribution in [2.75, 3.05) is 14.2 Å². The molecule has 0 spiro atoms. The van der Waals surface area contributed by atoms with Crippen molar-refractivity contribution >= 4 is 40.4 Å². The maximum absolute atomic E-state index is 14.1. The number of thiazole rings is 1. The number of methoxy groups -OCH3 is 2. The molecule has 11 heteroatoms. The van der Waals surface area contributed by atoms with Gasteiger partial charge in [-0.25, -0.2) is 4.99 Å². The number of nitro benzene ring substituents is 1. The Morgan fingerprint density at radius 1 is 1.02 bits per heavy atom. The summed E-state index contributed by atoms with van der Waals surface area (Å²) >= 11 is 7.26. The van der Waals surface area contributed by atoms with Crippen molar-refractivity contribution in [3.63, 3.8) is 0 Å². The minimum absolute atomic E-state index is 0.168. The summed E-state index contributed by atoms with van der Waals surface area (Å²) in [5.41, 5.74) is 5.03. The van der Waals surface area contributed by atoms with Crippen LogP contribution in [-0.4, -0.2) is 23.7 Å². The molecule has 220 valence electrons. The van der Waals surface area contributed by atoms with E-state index in [0.29, 0.717) is 37.9 Å². The maximum Gasteiger partial charge on any atom is 0.281 e. The maximum atomic E-state index is 14.1. The second-order valence-corrected chi connectivity index (χ2v) is 11.8. The summed E-state index contributed by atoms with van der Waals surface area (Å²) in [5, 5.41) is 11.9. The van der Waals surface area contributed by atoms with Crippen molar-refractivity contribution in [3.05, 3.63) is 136 Å². The number of halogens is 1. The van der Waals surface area contributed by atoms with E-state index in [2.05, 4.69) is 12.1 Å². The minimum Gasteiger partial charge on any atom is -0.493 e. The summed E-state index contributed by atoms with van der Waals surface area (Å²) in [5.74, 6) is 1.84. The zero-order chi connectivity index (χ0) is 30.5. The van der Waals surface area contributed by atoms with Crippen LogP contribution >= 0.6 is 22.9 Å². The van der Waals surface area contributed by atoms with Crippen molar-refractivity contribution in [3.8, 4) is 22.8 Å². The second kappa shape index (κ2) is 11.0. The number of nitro groups is 1. The van der Waals surface area contributed by atoms with Gasteiger partial charge in [-0.3, -0.25) is 19.5 Å². The second-order valence-electron chi connectivity index (χ2n) is 10.3. The van der Waals surface area contributed by atoms with Crippen LogP contribution in [0.3, 0.4) is 0 Å². The first-order chi connectivity index (χ1) is 21.4. The average molecular weight is 626 g/mol. The number of hydrogen-bond acceptors (Lipinski definition) is 8. The van der Waals surface area contributed by atoms with Gasteiger partial charge >= 0.3 is 0 Å². The number of benzene rings is 3. The highest BCUT2D eigenvalue weighted by molar-refractivity contribution is 7.07. The summed E-state index contributed by atoms with van der Waals surface area (Å²) < 4.78 is 19.2. The molecule has 7 rings (SSSR count). The Balaban J connectivity index is 1.40. The van der Waals surface area contributed by atoms with Gasteiger partial charge < -0.3 is 13.9 Å². The molecule has 2 aromatic heterocycles. The van der Waals surface area contributed by atoms with Gasteiger partial charge in [0.1, 0.15) is 11.5 Å². The number of rotatable bonds is 6. The lowest BCUT2D eigenvalue weighted by Crippen LogP contribution is -2.38. The molecule has 3 aromatic carbocycles. The predicted molar refractivity (Wildman–Crippen MR) is 168 cm³/mol. The molecule has 1 atom stereocenters. The van der Waals surface area contributed by atoms with Crippen LogP contribution in [0.4, 0.5) is 5.69 Å². The van der Waals surface area contributed by atoms with Gasteiger partial charge in [-0.15, -0.1) is 0 Å². The Labute approximate surface area is 259 Å². The number of fused-ring (bicyclic) bond motifs is 3. The van der Waals surface area contributed by atoms with E-state index in [4.69, 9.17) is 30.5 Å². The summed E-state index contributed by atoms with van der Waals surface area (Å²) in [7, 11) is 3.18. The molecule has 9 nitrogen and oxygen atoms in total. The lowest BCUT2D eigenvalue weighted by atomic mass is 9.83. The van der Waals surface area contributed by atoms with Gasteiger partial charge in [-0.05, 0) is 65.9 Å². The Morgan fingerprint density at radius 3 is 2.64 bits per heavy atom. The SMILES string of the molecule is COc1ccc([C@@H]2C3=C(N=c4s/c(=C/c5ccc(-c6ccc(Cl)cc6[N+](=O)[O-])o5)c(=O)n42)c2ccccc2CC3)cc1OC. The Kier molecular flexibility index (Phi) is 6.95.